The van der Waals surface area contributed by atoms with Gasteiger partial charge in [0.2, 0.25) is 0 Å². The first-order valence-corrected chi connectivity index (χ1v) is 11.6. The van der Waals surface area contributed by atoms with E-state index in [4.69, 9.17) is 0 Å². The van der Waals surface area contributed by atoms with Crippen LogP contribution in [-0.4, -0.2) is 57.0 Å². The lowest BCUT2D eigenvalue weighted by Gasteiger charge is -2.37. The molecule has 1 atom stereocenters. The molecule has 1 aliphatic rings. The SMILES string of the molecule is CN=C(NCCc1cccc(C(=O)NC)c1)NCC(c1ccccc1)N1CCC(C)CC1. The van der Waals surface area contributed by atoms with Gasteiger partial charge in [0.1, 0.15) is 0 Å². The first-order valence-electron chi connectivity index (χ1n) is 11.6. The minimum absolute atomic E-state index is 0.0589. The van der Waals surface area contributed by atoms with Crippen LogP contribution in [0.2, 0.25) is 0 Å². The minimum Gasteiger partial charge on any atom is -0.356 e. The Morgan fingerprint density at radius 2 is 1.84 bits per heavy atom. The highest BCUT2D eigenvalue weighted by molar-refractivity contribution is 5.94. The largest absolute Gasteiger partial charge is 0.356 e. The highest BCUT2D eigenvalue weighted by Crippen LogP contribution is 2.26. The number of piperidine rings is 1. The van der Waals surface area contributed by atoms with Crippen molar-refractivity contribution in [1.82, 2.24) is 20.9 Å². The number of likely N-dealkylation sites (tertiary alicyclic amines) is 1. The van der Waals surface area contributed by atoms with E-state index in [0.717, 1.165) is 50.0 Å². The Balaban J connectivity index is 1.55. The molecule has 1 aliphatic heterocycles. The molecule has 0 spiro atoms. The van der Waals surface area contributed by atoms with Gasteiger partial charge in [0.05, 0.1) is 6.04 Å². The van der Waals surface area contributed by atoms with Crippen molar-refractivity contribution in [3.8, 4) is 0 Å². The second kappa shape index (κ2) is 12.2. The van der Waals surface area contributed by atoms with Crippen molar-refractivity contribution in [3.63, 3.8) is 0 Å². The summed E-state index contributed by atoms with van der Waals surface area (Å²) < 4.78 is 0. The van der Waals surface area contributed by atoms with E-state index >= 15 is 0 Å². The number of aliphatic imine (C=N–C) groups is 1. The molecule has 0 saturated carbocycles. The molecule has 3 N–H and O–H groups in total. The van der Waals surface area contributed by atoms with E-state index in [2.05, 4.69) is 63.1 Å². The van der Waals surface area contributed by atoms with Gasteiger partial charge in [-0.2, -0.15) is 0 Å². The maximum atomic E-state index is 11.8. The number of rotatable bonds is 8. The second-order valence-electron chi connectivity index (χ2n) is 8.55. The van der Waals surface area contributed by atoms with Gasteiger partial charge in [0.15, 0.2) is 5.96 Å². The number of guanidine groups is 1. The van der Waals surface area contributed by atoms with Crippen molar-refractivity contribution < 1.29 is 4.79 Å². The Morgan fingerprint density at radius 3 is 2.53 bits per heavy atom. The van der Waals surface area contributed by atoms with Crippen LogP contribution in [0.3, 0.4) is 0 Å². The topological polar surface area (TPSA) is 68.8 Å². The van der Waals surface area contributed by atoms with Crippen LogP contribution in [0, 0.1) is 5.92 Å². The maximum absolute atomic E-state index is 11.8. The predicted molar refractivity (Wildman–Crippen MR) is 132 cm³/mol. The average molecular weight is 436 g/mol. The lowest BCUT2D eigenvalue weighted by atomic mass is 9.95. The first kappa shape index (κ1) is 23.8. The summed E-state index contributed by atoms with van der Waals surface area (Å²) in [6.07, 6.45) is 3.33. The molecule has 1 amide bonds. The number of hydrogen-bond donors (Lipinski definition) is 3. The molecule has 2 aromatic rings. The van der Waals surface area contributed by atoms with Gasteiger partial charge in [0.25, 0.3) is 5.91 Å². The van der Waals surface area contributed by atoms with Crippen molar-refractivity contribution in [2.24, 2.45) is 10.9 Å². The normalized spacial score (nSPS) is 16.4. The molecule has 1 saturated heterocycles. The van der Waals surface area contributed by atoms with E-state index in [-0.39, 0.29) is 5.91 Å². The summed E-state index contributed by atoms with van der Waals surface area (Å²) in [6, 6.07) is 18.8. The Bertz CT molecular complexity index is 875. The fourth-order valence-corrected chi connectivity index (χ4v) is 4.22. The zero-order valence-corrected chi connectivity index (χ0v) is 19.6. The zero-order chi connectivity index (χ0) is 22.8. The number of nitrogens with one attached hydrogen (secondary N) is 3. The maximum Gasteiger partial charge on any atom is 0.251 e. The summed E-state index contributed by atoms with van der Waals surface area (Å²) in [5, 5.41) is 9.63. The first-order chi connectivity index (χ1) is 15.6. The van der Waals surface area contributed by atoms with E-state index in [0.29, 0.717) is 11.6 Å². The summed E-state index contributed by atoms with van der Waals surface area (Å²) >= 11 is 0. The van der Waals surface area contributed by atoms with Gasteiger partial charge in [-0.1, -0.05) is 49.4 Å². The monoisotopic (exact) mass is 435 g/mol. The molecular formula is C26H37N5O. The highest BCUT2D eigenvalue weighted by atomic mass is 16.1. The third-order valence-electron chi connectivity index (χ3n) is 6.25. The number of carbonyl (C=O) groups excluding carboxylic acids is 1. The van der Waals surface area contributed by atoms with Crippen LogP contribution in [0.25, 0.3) is 0 Å². The molecular weight excluding hydrogens is 398 g/mol. The lowest BCUT2D eigenvalue weighted by Crippen LogP contribution is -2.45. The summed E-state index contributed by atoms with van der Waals surface area (Å²) in [6.45, 7) is 6.17. The van der Waals surface area contributed by atoms with E-state index in [1.807, 2.05) is 31.3 Å². The van der Waals surface area contributed by atoms with Crippen molar-refractivity contribution in [1.29, 1.82) is 0 Å². The number of hydrogen-bond acceptors (Lipinski definition) is 3. The molecule has 0 aliphatic carbocycles. The number of amides is 1. The van der Waals surface area contributed by atoms with E-state index in [1.165, 1.54) is 18.4 Å². The van der Waals surface area contributed by atoms with Gasteiger partial charge >= 0.3 is 0 Å². The van der Waals surface area contributed by atoms with Crippen LogP contribution in [0.1, 0.15) is 47.3 Å². The van der Waals surface area contributed by atoms with Gasteiger partial charge in [-0.3, -0.25) is 14.7 Å². The smallest absolute Gasteiger partial charge is 0.251 e. The summed E-state index contributed by atoms with van der Waals surface area (Å²) in [4.78, 5) is 18.9. The Kier molecular flexibility index (Phi) is 9.11. The fourth-order valence-electron chi connectivity index (χ4n) is 4.22. The standard InChI is InChI=1S/C26H37N5O/c1-20-13-16-31(17-14-20)24(22-9-5-4-6-10-22)19-30-26(28-3)29-15-12-21-8-7-11-23(18-21)25(32)27-2/h4-11,18,20,24H,12-17,19H2,1-3H3,(H,27,32)(H2,28,29,30). The molecule has 6 heteroatoms. The van der Waals surface area contributed by atoms with E-state index in [9.17, 15) is 4.79 Å². The molecule has 1 unspecified atom stereocenters. The van der Waals surface area contributed by atoms with Crippen LogP contribution in [-0.2, 0) is 6.42 Å². The third-order valence-corrected chi connectivity index (χ3v) is 6.25. The lowest BCUT2D eigenvalue weighted by molar-refractivity contribution is 0.0963. The van der Waals surface area contributed by atoms with Crippen LogP contribution in [0.4, 0.5) is 0 Å². The third kappa shape index (κ3) is 6.82. The summed E-state index contributed by atoms with van der Waals surface area (Å²) in [5.74, 6) is 1.56. The predicted octanol–water partition coefficient (Wildman–Crippen LogP) is 3.23. The Hall–Kier alpha value is -2.86. The van der Waals surface area contributed by atoms with Crippen LogP contribution >= 0.6 is 0 Å². The van der Waals surface area contributed by atoms with Crippen molar-refractivity contribution in [2.45, 2.75) is 32.2 Å². The van der Waals surface area contributed by atoms with E-state index < -0.39 is 0 Å². The van der Waals surface area contributed by atoms with Gasteiger partial charge in [-0.25, -0.2) is 0 Å². The molecule has 6 nitrogen and oxygen atoms in total. The Morgan fingerprint density at radius 1 is 1.09 bits per heavy atom. The molecule has 172 valence electrons. The molecule has 0 bridgehead atoms. The van der Waals surface area contributed by atoms with E-state index in [1.54, 1.807) is 7.05 Å². The van der Waals surface area contributed by atoms with Gasteiger partial charge in [-0.05, 0) is 61.5 Å². The highest BCUT2D eigenvalue weighted by Gasteiger charge is 2.24. The molecule has 1 heterocycles. The van der Waals surface area contributed by atoms with Crippen LogP contribution in [0.5, 0.6) is 0 Å². The summed E-state index contributed by atoms with van der Waals surface area (Å²) in [5.41, 5.74) is 3.16. The molecule has 1 fully saturated rings. The van der Waals surface area contributed by atoms with Gasteiger partial charge in [0, 0.05) is 32.7 Å². The second-order valence-corrected chi connectivity index (χ2v) is 8.55. The quantitative estimate of drug-likeness (QED) is 0.440. The van der Waals surface area contributed by atoms with Crippen LogP contribution in [0.15, 0.2) is 59.6 Å². The van der Waals surface area contributed by atoms with Gasteiger partial charge in [-0.15, -0.1) is 0 Å². The van der Waals surface area contributed by atoms with Crippen molar-refractivity contribution >= 4 is 11.9 Å². The number of nitrogens with zero attached hydrogens (tertiary/aromatic N) is 2. The van der Waals surface area contributed by atoms with Crippen molar-refractivity contribution in [2.75, 3.05) is 40.3 Å². The molecule has 3 rings (SSSR count). The minimum atomic E-state index is -0.0589. The molecule has 0 aromatic heterocycles. The molecule has 32 heavy (non-hydrogen) atoms. The number of benzene rings is 2. The zero-order valence-electron chi connectivity index (χ0n) is 19.6. The summed E-state index contributed by atoms with van der Waals surface area (Å²) in [7, 11) is 3.46. The van der Waals surface area contributed by atoms with Crippen LogP contribution < -0.4 is 16.0 Å². The molecule has 2 aromatic carbocycles. The number of carbonyl (C=O) groups is 1. The average Bonchev–Trinajstić information content (AvgIpc) is 2.84. The van der Waals surface area contributed by atoms with Crippen molar-refractivity contribution in [3.05, 3.63) is 71.3 Å². The Labute approximate surface area is 192 Å². The fraction of sp³-hybridized carbons (Fsp3) is 0.462. The van der Waals surface area contributed by atoms with Gasteiger partial charge < -0.3 is 16.0 Å². The molecule has 0 radical (unpaired) electrons.